The second kappa shape index (κ2) is 3.71. The predicted octanol–water partition coefficient (Wildman–Crippen LogP) is 2.12. The Balaban J connectivity index is 2.66. The molecule has 0 atom stereocenters. The van der Waals surface area contributed by atoms with Gasteiger partial charge in [-0.2, -0.15) is 0 Å². The zero-order valence-electron chi connectivity index (χ0n) is 8.21. The SMILES string of the molecule is CNCc1nc(Br)n2ccc(C)cc12. The molecule has 1 N–H and O–H groups in total. The van der Waals surface area contributed by atoms with Gasteiger partial charge in [0.15, 0.2) is 4.73 Å². The van der Waals surface area contributed by atoms with Crippen LogP contribution in [0.4, 0.5) is 0 Å². The number of pyridine rings is 1. The topological polar surface area (TPSA) is 29.3 Å². The predicted molar refractivity (Wildman–Crippen MR) is 60.4 cm³/mol. The monoisotopic (exact) mass is 253 g/mol. The van der Waals surface area contributed by atoms with E-state index in [1.807, 2.05) is 17.6 Å². The minimum Gasteiger partial charge on any atom is -0.314 e. The molecule has 2 rings (SSSR count). The van der Waals surface area contributed by atoms with E-state index >= 15 is 0 Å². The van der Waals surface area contributed by atoms with Crippen LogP contribution in [0.3, 0.4) is 0 Å². The molecule has 4 heteroatoms. The van der Waals surface area contributed by atoms with Crippen LogP contribution in [0.25, 0.3) is 5.52 Å². The van der Waals surface area contributed by atoms with Gasteiger partial charge in [0.05, 0.1) is 11.2 Å². The first-order valence-electron chi connectivity index (χ1n) is 4.50. The minimum atomic E-state index is 0.790. The van der Waals surface area contributed by atoms with Crippen LogP contribution >= 0.6 is 15.9 Å². The van der Waals surface area contributed by atoms with E-state index in [4.69, 9.17) is 0 Å². The van der Waals surface area contributed by atoms with Crippen molar-refractivity contribution < 1.29 is 0 Å². The number of nitrogens with zero attached hydrogens (tertiary/aromatic N) is 2. The van der Waals surface area contributed by atoms with Crippen LogP contribution in [0, 0.1) is 6.92 Å². The number of halogens is 1. The molecule has 0 aliphatic heterocycles. The van der Waals surface area contributed by atoms with Crippen LogP contribution in [0.1, 0.15) is 11.3 Å². The molecule has 0 saturated carbocycles. The van der Waals surface area contributed by atoms with E-state index in [0.29, 0.717) is 0 Å². The van der Waals surface area contributed by atoms with Crippen molar-refractivity contribution in [1.29, 1.82) is 0 Å². The molecule has 0 aliphatic rings. The zero-order valence-corrected chi connectivity index (χ0v) is 9.80. The number of aromatic nitrogens is 2. The van der Waals surface area contributed by atoms with E-state index < -0.39 is 0 Å². The van der Waals surface area contributed by atoms with Gasteiger partial charge in [-0.05, 0) is 47.6 Å². The van der Waals surface area contributed by atoms with E-state index in [-0.39, 0.29) is 0 Å². The van der Waals surface area contributed by atoms with Crippen LogP contribution in [0.5, 0.6) is 0 Å². The maximum absolute atomic E-state index is 4.44. The second-order valence-corrected chi connectivity index (χ2v) is 4.03. The van der Waals surface area contributed by atoms with Crippen molar-refractivity contribution in [2.24, 2.45) is 0 Å². The highest BCUT2D eigenvalue weighted by atomic mass is 79.9. The maximum atomic E-state index is 4.44. The molecular formula is C10H12BrN3. The van der Waals surface area contributed by atoms with Crippen LogP contribution in [0.15, 0.2) is 23.1 Å². The minimum absolute atomic E-state index is 0.790. The Hall–Kier alpha value is -0.870. The lowest BCUT2D eigenvalue weighted by Gasteiger charge is -1.98. The molecule has 2 heterocycles. The summed E-state index contributed by atoms with van der Waals surface area (Å²) >= 11 is 3.44. The summed E-state index contributed by atoms with van der Waals surface area (Å²) in [5.74, 6) is 0. The van der Waals surface area contributed by atoms with Crippen molar-refractivity contribution >= 4 is 21.4 Å². The summed E-state index contributed by atoms with van der Waals surface area (Å²) in [5.41, 5.74) is 3.48. The van der Waals surface area contributed by atoms with Crippen molar-refractivity contribution in [3.8, 4) is 0 Å². The maximum Gasteiger partial charge on any atom is 0.182 e. The van der Waals surface area contributed by atoms with Gasteiger partial charge < -0.3 is 5.32 Å². The first kappa shape index (κ1) is 9.68. The average molecular weight is 254 g/mol. The molecule has 2 aromatic rings. The second-order valence-electron chi connectivity index (χ2n) is 3.32. The standard InChI is InChI=1S/C10H12BrN3/c1-7-3-4-14-9(5-7)8(6-12-2)13-10(14)11/h3-5,12H,6H2,1-2H3. The van der Waals surface area contributed by atoms with Crippen molar-refractivity contribution in [3.05, 3.63) is 34.3 Å². The van der Waals surface area contributed by atoms with Gasteiger partial charge in [0.1, 0.15) is 0 Å². The lowest BCUT2D eigenvalue weighted by molar-refractivity contribution is 0.801. The van der Waals surface area contributed by atoms with Gasteiger partial charge in [-0.3, -0.25) is 4.40 Å². The molecule has 0 aliphatic carbocycles. The highest BCUT2D eigenvalue weighted by Gasteiger charge is 2.07. The number of imidazole rings is 1. The molecule has 14 heavy (non-hydrogen) atoms. The van der Waals surface area contributed by atoms with Gasteiger partial charge in [0, 0.05) is 12.7 Å². The van der Waals surface area contributed by atoms with Crippen molar-refractivity contribution in [1.82, 2.24) is 14.7 Å². The van der Waals surface area contributed by atoms with E-state index in [1.165, 1.54) is 5.56 Å². The Morgan fingerprint density at radius 1 is 1.57 bits per heavy atom. The van der Waals surface area contributed by atoms with Crippen LogP contribution in [0.2, 0.25) is 0 Å². The third kappa shape index (κ3) is 1.55. The fraction of sp³-hybridized carbons (Fsp3) is 0.300. The molecule has 2 aromatic heterocycles. The molecule has 0 saturated heterocycles. The first-order chi connectivity index (χ1) is 6.72. The molecule has 0 aromatic carbocycles. The summed E-state index contributed by atoms with van der Waals surface area (Å²) in [6.07, 6.45) is 2.03. The number of hydrogen-bond donors (Lipinski definition) is 1. The number of fused-ring (bicyclic) bond motifs is 1. The fourth-order valence-corrected chi connectivity index (χ4v) is 2.03. The van der Waals surface area contributed by atoms with Gasteiger partial charge in [-0.1, -0.05) is 0 Å². The van der Waals surface area contributed by atoms with Crippen molar-refractivity contribution in [3.63, 3.8) is 0 Å². The molecular weight excluding hydrogens is 242 g/mol. The number of nitrogens with one attached hydrogen (secondary N) is 1. The van der Waals surface area contributed by atoms with E-state index in [9.17, 15) is 0 Å². The molecule has 0 radical (unpaired) electrons. The smallest absolute Gasteiger partial charge is 0.182 e. The number of rotatable bonds is 2. The Bertz CT molecular complexity index is 462. The van der Waals surface area contributed by atoms with Crippen LogP contribution in [-0.4, -0.2) is 16.4 Å². The van der Waals surface area contributed by atoms with Crippen molar-refractivity contribution in [2.45, 2.75) is 13.5 Å². The summed E-state index contributed by atoms with van der Waals surface area (Å²) in [4.78, 5) is 4.44. The molecule has 74 valence electrons. The molecule has 0 bridgehead atoms. The van der Waals surface area contributed by atoms with E-state index in [0.717, 1.165) is 22.5 Å². The van der Waals surface area contributed by atoms with Gasteiger partial charge >= 0.3 is 0 Å². The number of aryl methyl sites for hydroxylation is 1. The summed E-state index contributed by atoms with van der Waals surface area (Å²) in [6.45, 7) is 2.88. The normalized spacial score (nSPS) is 11.1. The van der Waals surface area contributed by atoms with Gasteiger partial charge in [0.2, 0.25) is 0 Å². The molecule has 0 spiro atoms. The Kier molecular flexibility index (Phi) is 2.56. The fourth-order valence-electron chi connectivity index (χ4n) is 1.51. The summed E-state index contributed by atoms with van der Waals surface area (Å²) in [7, 11) is 1.93. The van der Waals surface area contributed by atoms with Crippen LogP contribution in [-0.2, 0) is 6.54 Å². The molecule has 0 unspecified atom stereocenters. The summed E-state index contributed by atoms with van der Waals surface area (Å²) < 4.78 is 2.90. The van der Waals surface area contributed by atoms with E-state index in [2.05, 4.69) is 45.3 Å². The van der Waals surface area contributed by atoms with Crippen LogP contribution < -0.4 is 5.32 Å². The summed E-state index contributed by atoms with van der Waals surface area (Å²) in [6, 6.07) is 4.22. The lowest BCUT2D eigenvalue weighted by Crippen LogP contribution is -2.05. The Morgan fingerprint density at radius 3 is 3.07 bits per heavy atom. The largest absolute Gasteiger partial charge is 0.314 e. The van der Waals surface area contributed by atoms with E-state index in [1.54, 1.807) is 0 Å². The summed E-state index contributed by atoms with van der Waals surface area (Å²) in [5, 5.41) is 3.11. The number of hydrogen-bond acceptors (Lipinski definition) is 2. The molecule has 0 amide bonds. The van der Waals surface area contributed by atoms with Crippen molar-refractivity contribution in [2.75, 3.05) is 7.05 Å². The Labute approximate surface area is 91.3 Å². The third-order valence-corrected chi connectivity index (χ3v) is 2.74. The quantitative estimate of drug-likeness (QED) is 0.889. The zero-order chi connectivity index (χ0) is 10.1. The average Bonchev–Trinajstić information content (AvgIpc) is 2.44. The highest BCUT2D eigenvalue weighted by molar-refractivity contribution is 9.10. The first-order valence-corrected chi connectivity index (χ1v) is 5.29. The Morgan fingerprint density at radius 2 is 2.36 bits per heavy atom. The lowest BCUT2D eigenvalue weighted by atomic mass is 10.2. The molecule has 3 nitrogen and oxygen atoms in total. The van der Waals surface area contributed by atoms with Gasteiger partial charge in [-0.15, -0.1) is 0 Å². The highest BCUT2D eigenvalue weighted by Crippen LogP contribution is 2.18. The van der Waals surface area contributed by atoms with Gasteiger partial charge in [0.25, 0.3) is 0 Å². The van der Waals surface area contributed by atoms with Gasteiger partial charge in [-0.25, -0.2) is 4.98 Å². The molecule has 0 fully saturated rings. The third-order valence-electron chi connectivity index (χ3n) is 2.18.